The fraction of sp³-hybridized carbons (Fsp3) is 0.750. The zero-order valence-electron chi connectivity index (χ0n) is 13.5. The highest BCUT2D eigenvalue weighted by molar-refractivity contribution is 5.57. The van der Waals surface area contributed by atoms with Gasteiger partial charge in [0.15, 0.2) is 0 Å². The van der Waals surface area contributed by atoms with Crippen molar-refractivity contribution in [3.05, 3.63) is 11.4 Å². The Morgan fingerprint density at radius 2 is 1.90 bits per heavy atom. The molecular weight excluding hydrogens is 264 g/mol. The van der Waals surface area contributed by atoms with Gasteiger partial charge < -0.3 is 15.4 Å². The maximum atomic E-state index is 5.77. The summed E-state index contributed by atoms with van der Waals surface area (Å²) >= 11 is 0. The molecule has 118 valence electrons. The second kappa shape index (κ2) is 8.17. The standard InChI is InChI=1S/C16H28N4O/c1-4-9-17-15-12(3)16(20-14(5-2)19-15)18-11-13-8-6-7-10-21-13/h13H,4-11H2,1-3H3,(H2,17,18,19,20). The fourth-order valence-electron chi connectivity index (χ4n) is 2.49. The number of anilines is 2. The van der Waals surface area contributed by atoms with Gasteiger partial charge in [0.05, 0.1) is 6.10 Å². The van der Waals surface area contributed by atoms with Crippen LogP contribution in [-0.2, 0) is 11.2 Å². The monoisotopic (exact) mass is 292 g/mol. The fourth-order valence-corrected chi connectivity index (χ4v) is 2.49. The Bertz CT molecular complexity index is 444. The number of aryl methyl sites for hydroxylation is 1. The molecule has 0 bridgehead atoms. The van der Waals surface area contributed by atoms with Gasteiger partial charge in [-0.15, -0.1) is 0 Å². The predicted octanol–water partition coefficient (Wildman–Crippen LogP) is 3.15. The normalized spacial score (nSPS) is 18.5. The molecule has 1 aliphatic heterocycles. The molecule has 1 saturated heterocycles. The SMILES string of the molecule is CCCNc1nc(CC)nc(NCC2CCCCO2)c1C. The van der Waals surface area contributed by atoms with Crippen molar-refractivity contribution in [1.29, 1.82) is 0 Å². The van der Waals surface area contributed by atoms with E-state index in [4.69, 9.17) is 4.74 Å². The zero-order valence-corrected chi connectivity index (χ0v) is 13.5. The molecule has 5 heteroatoms. The molecular formula is C16H28N4O. The zero-order chi connectivity index (χ0) is 15.1. The van der Waals surface area contributed by atoms with Crippen LogP contribution in [0.25, 0.3) is 0 Å². The quantitative estimate of drug-likeness (QED) is 0.808. The van der Waals surface area contributed by atoms with E-state index in [2.05, 4.69) is 41.4 Å². The summed E-state index contributed by atoms with van der Waals surface area (Å²) in [5.74, 6) is 2.77. The van der Waals surface area contributed by atoms with Crippen LogP contribution in [0.2, 0.25) is 0 Å². The Morgan fingerprint density at radius 1 is 1.14 bits per heavy atom. The van der Waals surface area contributed by atoms with Gasteiger partial charge in [-0.1, -0.05) is 13.8 Å². The summed E-state index contributed by atoms with van der Waals surface area (Å²) in [6.07, 6.45) is 5.83. The minimum Gasteiger partial charge on any atom is -0.376 e. The Morgan fingerprint density at radius 3 is 2.52 bits per heavy atom. The van der Waals surface area contributed by atoms with Crippen molar-refractivity contribution >= 4 is 11.6 Å². The van der Waals surface area contributed by atoms with Gasteiger partial charge in [-0.2, -0.15) is 0 Å². The molecule has 1 aromatic rings. The molecule has 5 nitrogen and oxygen atoms in total. The highest BCUT2D eigenvalue weighted by Crippen LogP contribution is 2.21. The number of hydrogen-bond acceptors (Lipinski definition) is 5. The summed E-state index contributed by atoms with van der Waals surface area (Å²) in [4.78, 5) is 9.22. The molecule has 0 aliphatic carbocycles. The second-order valence-corrected chi connectivity index (χ2v) is 5.61. The van der Waals surface area contributed by atoms with Crippen LogP contribution in [-0.4, -0.2) is 35.8 Å². The van der Waals surface area contributed by atoms with Crippen molar-refractivity contribution in [1.82, 2.24) is 9.97 Å². The minimum absolute atomic E-state index is 0.310. The van der Waals surface area contributed by atoms with Gasteiger partial charge in [0.1, 0.15) is 17.5 Å². The second-order valence-electron chi connectivity index (χ2n) is 5.61. The molecule has 0 aromatic carbocycles. The lowest BCUT2D eigenvalue weighted by Gasteiger charge is -2.23. The molecule has 21 heavy (non-hydrogen) atoms. The average molecular weight is 292 g/mol. The Labute approximate surface area is 127 Å². The van der Waals surface area contributed by atoms with Crippen LogP contribution in [0.4, 0.5) is 11.6 Å². The van der Waals surface area contributed by atoms with Crippen LogP contribution >= 0.6 is 0 Å². The summed E-state index contributed by atoms with van der Waals surface area (Å²) < 4.78 is 5.77. The third-order valence-electron chi connectivity index (χ3n) is 3.82. The number of hydrogen-bond donors (Lipinski definition) is 2. The van der Waals surface area contributed by atoms with Crippen LogP contribution < -0.4 is 10.6 Å². The maximum absolute atomic E-state index is 5.77. The van der Waals surface area contributed by atoms with E-state index in [1.54, 1.807) is 0 Å². The summed E-state index contributed by atoms with van der Waals surface area (Å²) in [5.41, 5.74) is 1.09. The minimum atomic E-state index is 0.310. The number of nitrogens with zero attached hydrogens (tertiary/aromatic N) is 2. The van der Waals surface area contributed by atoms with Gasteiger partial charge in [0.25, 0.3) is 0 Å². The number of aromatic nitrogens is 2. The molecule has 2 rings (SSSR count). The lowest BCUT2D eigenvalue weighted by molar-refractivity contribution is 0.0247. The van der Waals surface area contributed by atoms with Gasteiger partial charge in [0, 0.05) is 31.7 Å². The molecule has 0 radical (unpaired) electrons. The highest BCUT2D eigenvalue weighted by atomic mass is 16.5. The molecule has 1 aromatic heterocycles. The van der Waals surface area contributed by atoms with E-state index in [0.29, 0.717) is 6.10 Å². The molecule has 1 aliphatic rings. The molecule has 0 spiro atoms. The smallest absolute Gasteiger partial charge is 0.134 e. The summed E-state index contributed by atoms with van der Waals surface area (Å²) in [7, 11) is 0. The average Bonchev–Trinajstić information content (AvgIpc) is 2.53. The van der Waals surface area contributed by atoms with E-state index in [0.717, 1.165) is 62.0 Å². The van der Waals surface area contributed by atoms with Crippen LogP contribution in [0.1, 0.15) is 50.9 Å². The van der Waals surface area contributed by atoms with Crippen LogP contribution in [0.5, 0.6) is 0 Å². The number of ether oxygens (including phenoxy) is 1. The van der Waals surface area contributed by atoms with Crippen molar-refractivity contribution in [2.24, 2.45) is 0 Å². The van der Waals surface area contributed by atoms with E-state index >= 15 is 0 Å². The molecule has 0 saturated carbocycles. The molecule has 1 unspecified atom stereocenters. The van der Waals surface area contributed by atoms with Crippen LogP contribution in [0.15, 0.2) is 0 Å². The first-order valence-corrected chi connectivity index (χ1v) is 8.21. The van der Waals surface area contributed by atoms with E-state index in [1.807, 2.05) is 0 Å². The number of rotatable bonds is 7. The first-order valence-electron chi connectivity index (χ1n) is 8.21. The largest absolute Gasteiger partial charge is 0.376 e. The Hall–Kier alpha value is -1.36. The van der Waals surface area contributed by atoms with Crippen molar-refractivity contribution in [3.63, 3.8) is 0 Å². The van der Waals surface area contributed by atoms with Crippen molar-refractivity contribution in [2.75, 3.05) is 30.3 Å². The van der Waals surface area contributed by atoms with Gasteiger partial charge >= 0.3 is 0 Å². The van der Waals surface area contributed by atoms with E-state index < -0.39 is 0 Å². The molecule has 2 N–H and O–H groups in total. The molecule has 2 heterocycles. The van der Waals surface area contributed by atoms with Crippen molar-refractivity contribution in [3.8, 4) is 0 Å². The first kappa shape index (κ1) is 16.0. The summed E-state index contributed by atoms with van der Waals surface area (Å²) in [6.45, 7) is 8.96. The lowest BCUT2D eigenvalue weighted by Crippen LogP contribution is -2.27. The van der Waals surface area contributed by atoms with Gasteiger partial charge in [-0.3, -0.25) is 0 Å². The maximum Gasteiger partial charge on any atom is 0.134 e. The van der Waals surface area contributed by atoms with Gasteiger partial charge in [0.2, 0.25) is 0 Å². The highest BCUT2D eigenvalue weighted by Gasteiger charge is 2.15. The van der Waals surface area contributed by atoms with E-state index in [-0.39, 0.29) is 0 Å². The topological polar surface area (TPSA) is 59.1 Å². The van der Waals surface area contributed by atoms with Crippen LogP contribution in [0, 0.1) is 6.92 Å². The molecule has 1 atom stereocenters. The predicted molar refractivity (Wildman–Crippen MR) is 87.0 cm³/mol. The van der Waals surface area contributed by atoms with Crippen molar-refractivity contribution in [2.45, 2.75) is 59.0 Å². The Kier molecular flexibility index (Phi) is 6.23. The molecule has 1 fully saturated rings. The van der Waals surface area contributed by atoms with E-state index in [9.17, 15) is 0 Å². The third-order valence-corrected chi connectivity index (χ3v) is 3.82. The lowest BCUT2D eigenvalue weighted by atomic mass is 10.1. The first-order chi connectivity index (χ1) is 10.2. The summed E-state index contributed by atoms with van der Waals surface area (Å²) in [5, 5.41) is 6.85. The molecule has 0 amide bonds. The van der Waals surface area contributed by atoms with Crippen molar-refractivity contribution < 1.29 is 4.74 Å². The Balaban J connectivity index is 2.05. The summed E-state index contributed by atoms with van der Waals surface area (Å²) in [6, 6.07) is 0. The van der Waals surface area contributed by atoms with Gasteiger partial charge in [-0.05, 0) is 32.6 Å². The van der Waals surface area contributed by atoms with Crippen LogP contribution in [0.3, 0.4) is 0 Å². The van der Waals surface area contributed by atoms with Gasteiger partial charge in [-0.25, -0.2) is 9.97 Å². The van der Waals surface area contributed by atoms with E-state index in [1.165, 1.54) is 12.8 Å². The third kappa shape index (κ3) is 4.56. The number of nitrogens with one attached hydrogen (secondary N) is 2.